The van der Waals surface area contributed by atoms with Crippen LogP contribution in [0.3, 0.4) is 0 Å². The molecule has 0 saturated heterocycles. The minimum absolute atomic E-state index is 0.132. The third kappa shape index (κ3) is 4.88. The van der Waals surface area contributed by atoms with E-state index in [1.54, 1.807) is 6.07 Å². The summed E-state index contributed by atoms with van der Waals surface area (Å²) in [6.07, 6.45) is 2.21. The van der Waals surface area contributed by atoms with Gasteiger partial charge in [0.05, 0.1) is 0 Å². The average molecular weight is 280 g/mol. The van der Waals surface area contributed by atoms with Crippen molar-refractivity contribution in [2.75, 3.05) is 6.54 Å². The summed E-state index contributed by atoms with van der Waals surface area (Å²) in [5.74, 6) is 0.453. The molecule has 0 aliphatic heterocycles. The van der Waals surface area contributed by atoms with Crippen LogP contribution in [0, 0.1) is 11.7 Å². The third-order valence-electron chi connectivity index (χ3n) is 3.79. The SMILES string of the molecule is CCC(CC)N(Cc1ccc(CN)cc1F)CC(C)C. The molecule has 0 aromatic heterocycles. The molecular formula is C17H29FN2. The van der Waals surface area contributed by atoms with Crippen molar-refractivity contribution in [1.29, 1.82) is 0 Å². The Bertz CT molecular complexity index is 400. The highest BCUT2D eigenvalue weighted by atomic mass is 19.1. The Balaban J connectivity index is 2.88. The van der Waals surface area contributed by atoms with Crippen molar-refractivity contribution < 1.29 is 4.39 Å². The lowest BCUT2D eigenvalue weighted by atomic mass is 10.0. The molecule has 1 aromatic rings. The van der Waals surface area contributed by atoms with Crippen LogP contribution < -0.4 is 5.73 Å². The van der Waals surface area contributed by atoms with Crippen LogP contribution in [0.2, 0.25) is 0 Å². The van der Waals surface area contributed by atoms with E-state index < -0.39 is 0 Å². The van der Waals surface area contributed by atoms with Gasteiger partial charge in [0.25, 0.3) is 0 Å². The summed E-state index contributed by atoms with van der Waals surface area (Å²) < 4.78 is 14.1. The Hall–Kier alpha value is -0.930. The lowest BCUT2D eigenvalue weighted by molar-refractivity contribution is 0.155. The standard InChI is InChI=1S/C17H29FN2/c1-5-16(6-2)20(11-13(3)4)12-15-8-7-14(10-19)9-17(15)18/h7-9,13,16H,5-6,10-12,19H2,1-4H3. The van der Waals surface area contributed by atoms with Crippen LogP contribution in [0.4, 0.5) is 4.39 Å². The number of halogens is 1. The molecular weight excluding hydrogens is 251 g/mol. The summed E-state index contributed by atoms with van der Waals surface area (Å²) in [5.41, 5.74) is 7.17. The number of rotatable bonds is 8. The van der Waals surface area contributed by atoms with Gasteiger partial charge < -0.3 is 5.73 Å². The molecule has 3 heteroatoms. The van der Waals surface area contributed by atoms with Gasteiger partial charge in [-0.05, 0) is 30.4 Å². The van der Waals surface area contributed by atoms with Gasteiger partial charge in [-0.3, -0.25) is 4.90 Å². The second kappa shape index (κ2) is 8.38. The lowest BCUT2D eigenvalue weighted by Gasteiger charge is -2.32. The van der Waals surface area contributed by atoms with Crippen molar-refractivity contribution in [3.05, 3.63) is 35.1 Å². The van der Waals surface area contributed by atoms with Crippen LogP contribution in [-0.2, 0) is 13.1 Å². The fourth-order valence-electron chi connectivity index (χ4n) is 2.68. The molecule has 0 unspecified atom stereocenters. The van der Waals surface area contributed by atoms with Crippen molar-refractivity contribution in [2.45, 2.75) is 59.7 Å². The molecule has 0 aliphatic rings. The molecule has 0 heterocycles. The van der Waals surface area contributed by atoms with Crippen LogP contribution >= 0.6 is 0 Å². The fraction of sp³-hybridized carbons (Fsp3) is 0.647. The van der Waals surface area contributed by atoms with Crippen molar-refractivity contribution in [1.82, 2.24) is 4.90 Å². The van der Waals surface area contributed by atoms with Crippen molar-refractivity contribution >= 4 is 0 Å². The Kier molecular flexibility index (Phi) is 7.17. The third-order valence-corrected chi connectivity index (χ3v) is 3.79. The highest BCUT2D eigenvalue weighted by Crippen LogP contribution is 2.18. The van der Waals surface area contributed by atoms with E-state index in [0.29, 0.717) is 25.0 Å². The second-order valence-electron chi connectivity index (χ2n) is 5.92. The first-order valence-electron chi connectivity index (χ1n) is 7.73. The number of nitrogens with two attached hydrogens (primary N) is 1. The first kappa shape index (κ1) is 17.1. The van der Waals surface area contributed by atoms with E-state index in [1.165, 1.54) is 0 Å². The van der Waals surface area contributed by atoms with E-state index in [1.807, 2.05) is 12.1 Å². The quantitative estimate of drug-likeness (QED) is 0.781. The Morgan fingerprint density at radius 1 is 1.20 bits per heavy atom. The molecule has 0 fully saturated rings. The normalized spacial score (nSPS) is 11.8. The number of hydrogen-bond donors (Lipinski definition) is 1. The monoisotopic (exact) mass is 280 g/mol. The second-order valence-corrected chi connectivity index (χ2v) is 5.92. The minimum Gasteiger partial charge on any atom is -0.326 e. The summed E-state index contributed by atoms with van der Waals surface area (Å²) in [6.45, 7) is 10.9. The molecule has 114 valence electrons. The summed E-state index contributed by atoms with van der Waals surface area (Å²) in [5, 5.41) is 0. The number of benzene rings is 1. The molecule has 1 aromatic carbocycles. The van der Waals surface area contributed by atoms with Gasteiger partial charge in [-0.25, -0.2) is 4.39 Å². The molecule has 2 nitrogen and oxygen atoms in total. The van der Waals surface area contributed by atoms with Gasteiger partial charge in [-0.1, -0.05) is 39.8 Å². The molecule has 0 radical (unpaired) electrons. The maximum atomic E-state index is 14.1. The molecule has 20 heavy (non-hydrogen) atoms. The van der Waals surface area contributed by atoms with Crippen LogP contribution in [-0.4, -0.2) is 17.5 Å². The van der Waals surface area contributed by atoms with E-state index in [9.17, 15) is 4.39 Å². The molecule has 0 bridgehead atoms. The average Bonchev–Trinajstić information content (AvgIpc) is 2.41. The molecule has 1 rings (SSSR count). The summed E-state index contributed by atoms with van der Waals surface area (Å²) in [6, 6.07) is 5.90. The van der Waals surface area contributed by atoms with Gasteiger partial charge in [0.2, 0.25) is 0 Å². The predicted molar refractivity (Wildman–Crippen MR) is 83.9 cm³/mol. The first-order valence-corrected chi connectivity index (χ1v) is 7.73. The highest BCUT2D eigenvalue weighted by molar-refractivity contribution is 5.24. The van der Waals surface area contributed by atoms with Gasteiger partial charge in [-0.2, -0.15) is 0 Å². The van der Waals surface area contributed by atoms with E-state index >= 15 is 0 Å². The molecule has 0 atom stereocenters. The lowest BCUT2D eigenvalue weighted by Crippen LogP contribution is -2.37. The van der Waals surface area contributed by atoms with Gasteiger partial charge >= 0.3 is 0 Å². The van der Waals surface area contributed by atoms with Crippen molar-refractivity contribution in [3.63, 3.8) is 0 Å². The first-order chi connectivity index (χ1) is 9.51. The number of hydrogen-bond acceptors (Lipinski definition) is 2. The fourth-order valence-corrected chi connectivity index (χ4v) is 2.68. The highest BCUT2D eigenvalue weighted by Gasteiger charge is 2.18. The Labute approximate surface area is 123 Å². The van der Waals surface area contributed by atoms with Crippen molar-refractivity contribution in [3.8, 4) is 0 Å². The smallest absolute Gasteiger partial charge is 0.128 e. The maximum absolute atomic E-state index is 14.1. The van der Waals surface area contributed by atoms with Crippen LogP contribution in [0.5, 0.6) is 0 Å². The van der Waals surface area contributed by atoms with E-state index in [0.717, 1.165) is 30.5 Å². The molecule has 0 spiro atoms. The minimum atomic E-state index is -0.132. The Morgan fingerprint density at radius 2 is 1.85 bits per heavy atom. The molecule has 0 amide bonds. The van der Waals surface area contributed by atoms with Gasteiger partial charge in [0.15, 0.2) is 0 Å². The van der Waals surface area contributed by atoms with Gasteiger partial charge in [0.1, 0.15) is 5.82 Å². The zero-order valence-corrected chi connectivity index (χ0v) is 13.3. The maximum Gasteiger partial charge on any atom is 0.128 e. The molecule has 2 N–H and O–H groups in total. The van der Waals surface area contributed by atoms with E-state index in [2.05, 4.69) is 32.6 Å². The van der Waals surface area contributed by atoms with Crippen LogP contribution in [0.15, 0.2) is 18.2 Å². The summed E-state index contributed by atoms with van der Waals surface area (Å²) in [7, 11) is 0. The summed E-state index contributed by atoms with van der Waals surface area (Å²) >= 11 is 0. The van der Waals surface area contributed by atoms with Gasteiger partial charge in [0, 0.05) is 31.2 Å². The van der Waals surface area contributed by atoms with Gasteiger partial charge in [-0.15, -0.1) is 0 Å². The molecule has 0 aliphatic carbocycles. The topological polar surface area (TPSA) is 29.3 Å². The molecule has 0 saturated carbocycles. The van der Waals surface area contributed by atoms with Crippen molar-refractivity contribution in [2.24, 2.45) is 11.7 Å². The largest absolute Gasteiger partial charge is 0.326 e. The van der Waals surface area contributed by atoms with Crippen LogP contribution in [0.1, 0.15) is 51.7 Å². The number of nitrogens with zero attached hydrogens (tertiary/aromatic N) is 1. The zero-order valence-electron chi connectivity index (χ0n) is 13.3. The Morgan fingerprint density at radius 3 is 2.30 bits per heavy atom. The summed E-state index contributed by atoms with van der Waals surface area (Å²) in [4.78, 5) is 2.41. The predicted octanol–water partition coefficient (Wildman–Crippen LogP) is 3.93. The van der Waals surface area contributed by atoms with E-state index in [-0.39, 0.29) is 5.82 Å². The van der Waals surface area contributed by atoms with E-state index in [4.69, 9.17) is 5.73 Å². The zero-order chi connectivity index (χ0) is 15.1. The van der Waals surface area contributed by atoms with Crippen LogP contribution in [0.25, 0.3) is 0 Å².